The van der Waals surface area contributed by atoms with Crippen molar-refractivity contribution in [3.63, 3.8) is 0 Å². The van der Waals surface area contributed by atoms with Crippen LogP contribution in [0.2, 0.25) is 0 Å². The zero-order valence-electron chi connectivity index (χ0n) is 17.2. The van der Waals surface area contributed by atoms with Crippen molar-refractivity contribution in [2.24, 2.45) is 0 Å². The van der Waals surface area contributed by atoms with E-state index in [1.54, 1.807) is 0 Å². The number of anilines is 2. The van der Waals surface area contributed by atoms with E-state index in [0.717, 1.165) is 10.6 Å². The Kier molecular flexibility index (Phi) is 5.34. The van der Waals surface area contributed by atoms with Gasteiger partial charge in [-0.05, 0) is 24.6 Å². The zero-order chi connectivity index (χ0) is 23.9. The second-order valence-electron chi connectivity index (χ2n) is 7.29. The Morgan fingerprint density at radius 3 is 2.61 bits per heavy atom. The predicted octanol–water partition coefficient (Wildman–Crippen LogP) is 0.595. The predicted molar refractivity (Wildman–Crippen MR) is 115 cm³/mol. The Labute approximate surface area is 184 Å². The summed E-state index contributed by atoms with van der Waals surface area (Å²) in [5.74, 6) is -2.44. The zero-order valence-corrected chi connectivity index (χ0v) is 17.2. The monoisotopic (exact) mass is 452 g/mol. The van der Waals surface area contributed by atoms with Crippen LogP contribution >= 0.6 is 0 Å². The molecule has 0 bridgehead atoms. The molecule has 33 heavy (non-hydrogen) atoms. The first kappa shape index (κ1) is 21.6. The summed E-state index contributed by atoms with van der Waals surface area (Å²) in [6.07, 6.45) is 0. The van der Waals surface area contributed by atoms with Crippen LogP contribution in [0.15, 0.2) is 39.9 Å². The lowest BCUT2D eigenvalue weighted by Crippen LogP contribution is -2.36. The minimum Gasteiger partial charge on any atom is -0.477 e. The molecule has 2 heterocycles. The van der Waals surface area contributed by atoms with Gasteiger partial charge in [0.05, 0.1) is 5.69 Å². The summed E-state index contributed by atoms with van der Waals surface area (Å²) in [7, 11) is 0. The molecule has 0 atom stereocenters. The summed E-state index contributed by atoms with van der Waals surface area (Å²) >= 11 is 0. The smallest absolute Gasteiger partial charge is 0.354 e. The number of hydrogen-bond acceptors (Lipinski definition) is 8. The molecule has 4 rings (SSSR count). The maximum absolute atomic E-state index is 14.2. The van der Waals surface area contributed by atoms with E-state index >= 15 is 0 Å². The van der Waals surface area contributed by atoms with Gasteiger partial charge < -0.3 is 21.5 Å². The van der Waals surface area contributed by atoms with Gasteiger partial charge in [0.2, 0.25) is 10.9 Å². The lowest BCUT2D eigenvalue weighted by atomic mass is 10.1. The van der Waals surface area contributed by atoms with E-state index in [1.165, 1.54) is 31.2 Å². The van der Waals surface area contributed by atoms with Crippen LogP contribution in [0.1, 0.15) is 37.7 Å². The Morgan fingerprint density at radius 2 is 1.91 bits per heavy atom. The van der Waals surface area contributed by atoms with E-state index in [-0.39, 0.29) is 47.2 Å². The largest absolute Gasteiger partial charge is 0.477 e. The molecule has 4 aromatic rings. The number of nitrogens with one attached hydrogen (secondary N) is 2. The lowest BCUT2D eigenvalue weighted by molar-refractivity contribution is 0.0687. The lowest BCUT2D eigenvalue weighted by Gasteiger charge is -2.12. The van der Waals surface area contributed by atoms with Crippen LogP contribution in [0, 0.1) is 12.7 Å². The number of aromatic nitrogens is 3. The summed E-state index contributed by atoms with van der Waals surface area (Å²) in [5, 5.41) is 18.6. The highest BCUT2D eigenvalue weighted by Crippen LogP contribution is 2.15. The highest BCUT2D eigenvalue weighted by atomic mass is 19.1. The molecule has 0 aliphatic heterocycles. The van der Waals surface area contributed by atoms with Crippen LogP contribution in [-0.2, 0) is 13.1 Å². The number of nitrogens with two attached hydrogens (primary N) is 1. The van der Waals surface area contributed by atoms with Crippen molar-refractivity contribution in [3.05, 3.63) is 84.7 Å². The van der Waals surface area contributed by atoms with Gasteiger partial charge in [0.15, 0.2) is 11.3 Å². The van der Waals surface area contributed by atoms with Crippen LogP contribution in [-0.4, -0.2) is 31.6 Å². The van der Waals surface area contributed by atoms with Gasteiger partial charge in [-0.3, -0.25) is 14.4 Å². The average molecular weight is 452 g/mol. The molecule has 0 saturated heterocycles. The second kappa shape index (κ2) is 8.15. The number of carboxylic acid groups (broad SMARTS) is 1. The van der Waals surface area contributed by atoms with Crippen molar-refractivity contribution in [1.82, 2.24) is 19.9 Å². The molecule has 168 valence electrons. The summed E-state index contributed by atoms with van der Waals surface area (Å²) in [5.41, 5.74) is 5.29. The third-order valence-corrected chi connectivity index (χ3v) is 5.07. The quantitative estimate of drug-likeness (QED) is 0.293. The molecule has 12 heteroatoms. The van der Waals surface area contributed by atoms with E-state index in [0.29, 0.717) is 11.1 Å². The number of carbonyl (C=O) groups is 2. The molecule has 2 aromatic carbocycles. The van der Waals surface area contributed by atoms with Gasteiger partial charge in [0.1, 0.15) is 17.3 Å². The number of benzene rings is 1. The number of hydrogen-bond donors (Lipinski definition) is 4. The van der Waals surface area contributed by atoms with Crippen LogP contribution in [0.4, 0.5) is 15.9 Å². The summed E-state index contributed by atoms with van der Waals surface area (Å²) in [6.45, 7) is 1.48. The van der Waals surface area contributed by atoms with E-state index in [2.05, 4.69) is 20.7 Å². The number of carboxylic acids is 1. The van der Waals surface area contributed by atoms with Crippen molar-refractivity contribution >= 4 is 29.0 Å². The average Bonchev–Trinajstić information content (AvgIpc) is 3.17. The van der Waals surface area contributed by atoms with Gasteiger partial charge in [-0.1, -0.05) is 6.07 Å². The number of aromatic carboxylic acids is 1. The van der Waals surface area contributed by atoms with Gasteiger partial charge in [0.25, 0.3) is 5.91 Å². The second-order valence-corrected chi connectivity index (χ2v) is 7.29. The number of halogens is 1. The highest BCUT2D eigenvalue weighted by molar-refractivity contribution is 5.96. The summed E-state index contributed by atoms with van der Waals surface area (Å²) in [6, 6.07) is 6.60. The van der Waals surface area contributed by atoms with Crippen molar-refractivity contribution in [3.8, 4) is 0 Å². The Bertz CT molecular complexity index is 1500. The highest BCUT2D eigenvalue weighted by Gasteiger charge is 2.19. The van der Waals surface area contributed by atoms with Crippen LogP contribution in [0.25, 0.3) is 5.65 Å². The molecule has 1 amide bonds. The molecule has 11 nitrogen and oxygen atoms in total. The Morgan fingerprint density at radius 1 is 1.15 bits per heavy atom. The van der Waals surface area contributed by atoms with Crippen LogP contribution in [0.5, 0.6) is 0 Å². The minimum absolute atomic E-state index is 0.00190. The number of amides is 1. The van der Waals surface area contributed by atoms with Gasteiger partial charge in [-0.15, -0.1) is 5.10 Å². The standard InChI is InChI=1S/C21H17FN6O5/c1-9-17(19(30)18(9)29)24-8-11-4-10(2-3-12(11)22)7-25-20(31)13-5-14(21(32)33)28-16(26-13)6-15(23)27-28/h2-6,24H,7-8H2,1H3,(H2,23,27)(H,25,31)(H,32,33). The molecule has 0 spiro atoms. The molecule has 0 saturated carbocycles. The minimum atomic E-state index is -1.31. The number of nitrogen functional groups attached to an aromatic ring is 1. The van der Waals surface area contributed by atoms with Gasteiger partial charge in [0, 0.05) is 36.3 Å². The fourth-order valence-corrected chi connectivity index (χ4v) is 3.31. The molecule has 0 aliphatic rings. The summed E-state index contributed by atoms with van der Waals surface area (Å²) < 4.78 is 15.2. The topological polar surface area (TPSA) is 169 Å². The van der Waals surface area contributed by atoms with E-state index in [9.17, 15) is 28.7 Å². The molecule has 0 unspecified atom stereocenters. The first-order chi connectivity index (χ1) is 15.7. The number of nitrogens with zero attached hydrogens (tertiary/aromatic N) is 3. The third-order valence-electron chi connectivity index (χ3n) is 5.07. The van der Waals surface area contributed by atoms with Crippen molar-refractivity contribution in [1.29, 1.82) is 0 Å². The van der Waals surface area contributed by atoms with Gasteiger partial charge >= 0.3 is 5.97 Å². The van der Waals surface area contributed by atoms with E-state index < -0.39 is 28.6 Å². The maximum Gasteiger partial charge on any atom is 0.354 e. The number of rotatable bonds is 7. The van der Waals surface area contributed by atoms with E-state index in [4.69, 9.17) is 5.73 Å². The first-order valence-corrected chi connectivity index (χ1v) is 9.64. The number of fused-ring (bicyclic) bond motifs is 1. The maximum atomic E-state index is 14.2. The van der Waals surface area contributed by atoms with Crippen molar-refractivity contribution < 1.29 is 19.1 Å². The third kappa shape index (κ3) is 4.01. The number of carbonyl (C=O) groups excluding carboxylic acids is 1. The van der Waals surface area contributed by atoms with Crippen LogP contribution in [0.3, 0.4) is 0 Å². The molecule has 0 fully saturated rings. The fraction of sp³-hybridized carbons (Fsp3) is 0.143. The normalized spacial score (nSPS) is 11.1. The molecule has 0 aliphatic carbocycles. The molecule has 2 aromatic heterocycles. The van der Waals surface area contributed by atoms with Crippen LogP contribution < -0.4 is 27.2 Å². The molecular formula is C21H17FN6O5. The van der Waals surface area contributed by atoms with Gasteiger partial charge in [-0.2, -0.15) is 0 Å². The Balaban J connectivity index is 1.48. The summed E-state index contributed by atoms with van der Waals surface area (Å²) in [4.78, 5) is 51.0. The van der Waals surface area contributed by atoms with E-state index in [1.807, 2.05) is 0 Å². The molecule has 0 radical (unpaired) electrons. The Hall–Kier alpha value is -4.61. The molecule has 5 N–H and O–H groups in total. The van der Waals surface area contributed by atoms with Crippen molar-refractivity contribution in [2.45, 2.75) is 20.0 Å². The van der Waals surface area contributed by atoms with Gasteiger partial charge in [-0.25, -0.2) is 18.7 Å². The first-order valence-electron chi connectivity index (χ1n) is 9.64. The van der Waals surface area contributed by atoms with Crippen molar-refractivity contribution in [2.75, 3.05) is 11.1 Å². The SMILES string of the molecule is Cc1c(NCc2cc(CNC(=O)c3cc(C(=O)O)n4nc(N)cc4n3)ccc2F)c(=O)c1=O. The molecular weight excluding hydrogens is 435 g/mol. The fourth-order valence-electron chi connectivity index (χ4n) is 3.31.